The molecule has 1 amide bonds. The summed E-state index contributed by atoms with van der Waals surface area (Å²) in [5.41, 5.74) is 6.86. The zero-order valence-electron chi connectivity index (χ0n) is 17.2. The van der Waals surface area contributed by atoms with Crippen LogP contribution in [0.15, 0.2) is 34.9 Å². The molecule has 0 aromatic rings. The van der Waals surface area contributed by atoms with Gasteiger partial charge in [0.15, 0.2) is 12.8 Å². The van der Waals surface area contributed by atoms with Gasteiger partial charge >= 0.3 is 6.09 Å². The highest BCUT2D eigenvalue weighted by Crippen LogP contribution is 2.22. The third-order valence-electron chi connectivity index (χ3n) is 3.87. The van der Waals surface area contributed by atoms with Gasteiger partial charge in [0.05, 0.1) is 13.7 Å². The fraction of sp³-hybridized carbons (Fsp3) is 0.550. The lowest BCUT2D eigenvalue weighted by atomic mass is 10.1. The van der Waals surface area contributed by atoms with Gasteiger partial charge in [0.2, 0.25) is 11.5 Å². The van der Waals surface area contributed by atoms with Crippen LogP contribution in [0.5, 0.6) is 0 Å². The van der Waals surface area contributed by atoms with Crippen LogP contribution in [0.2, 0.25) is 0 Å². The van der Waals surface area contributed by atoms with E-state index in [2.05, 4.69) is 6.07 Å². The van der Waals surface area contributed by atoms with Crippen molar-refractivity contribution in [2.45, 2.75) is 46.6 Å². The number of allylic oxidation sites excluding steroid dienone is 3. The first kappa shape index (κ1) is 22.3. The van der Waals surface area contributed by atoms with Gasteiger partial charge in [-0.2, -0.15) is 9.84 Å². The van der Waals surface area contributed by atoms with Gasteiger partial charge in [-0.3, -0.25) is 4.90 Å². The van der Waals surface area contributed by atoms with Crippen LogP contribution < -0.4 is 5.73 Å². The maximum atomic E-state index is 12.2. The molecule has 0 saturated heterocycles. The lowest BCUT2D eigenvalue weighted by molar-refractivity contribution is -0.477. The van der Waals surface area contributed by atoms with Gasteiger partial charge in [0.1, 0.15) is 23.8 Å². The zero-order chi connectivity index (χ0) is 20.6. The molecule has 0 fully saturated rings. The van der Waals surface area contributed by atoms with Crippen molar-refractivity contribution in [3.8, 4) is 6.07 Å². The highest BCUT2D eigenvalue weighted by Gasteiger charge is 2.30. The van der Waals surface area contributed by atoms with E-state index in [0.717, 1.165) is 12.1 Å². The summed E-state index contributed by atoms with van der Waals surface area (Å²) >= 11 is 0. The normalized spacial score (nSPS) is 16.9. The summed E-state index contributed by atoms with van der Waals surface area (Å²) in [5, 5.41) is 9.53. The third kappa shape index (κ3) is 6.17. The summed E-state index contributed by atoms with van der Waals surface area (Å²) < 4.78 is 12.9. The monoisotopic (exact) mass is 375 g/mol. The average Bonchev–Trinajstić information content (AvgIpc) is 2.62. The summed E-state index contributed by atoms with van der Waals surface area (Å²) in [5.74, 6) is 0.428. The van der Waals surface area contributed by atoms with E-state index < -0.39 is 5.60 Å². The smallest absolute Gasteiger partial charge is 0.411 e. The Labute approximate surface area is 162 Å². The van der Waals surface area contributed by atoms with Crippen LogP contribution >= 0.6 is 0 Å². The highest BCUT2D eigenvalue weighted by molar-refractivity contribution is 5.72. The summed E-state index contributed by atoms with van der Waals surface area (Å²) in [4.78, 5) is 13.9. The van der Waals surface area contributed by atoms with Crippen LogP contribution in [0.25, 0.3) is 0 Å². The van der Waals surface area contributed by atoms with Crippen molar-refractivity contribution in [1.29, 1.82) is 5.26 Å². The molecule has 0 spiro atoms. The maximum absolute atomic E-state index is 12.2. The number of carbonyl (C=O) groups is 1. The number of hydrogen-bond acceptors (Lipinski definition) is 5. The number of rotatable bonds is 5. The molecule has 0 unspecified atom stereocenters. The number of carbonyl (C=O) groups excluding carboxylic acids is 1. The molecule has 1 rings (SSSR count). The van der Waals surface area contributed by atoms with Gasteiger partial charge in [-0.1, -0.05) is 13.0 Å². The molecule has 0 aliphatic carbocycles. The van der Waals surface area contributed by atoms with E-state index in [1.165, 1.54) is 7.11 Å². The topological polar surface area (TPSA) is 91.6 Å². The molecule has 1 aliphatic heterocycles. The zero-order valence-corrected chi connectivity index (χ0v) is 17.2. The Morgan fingerprint density at radius 3 is 2.52 bits per heavy atom. The minimum Gasteiger partial charge on any atom is -0.489 e. The predicted octanol–water partition coefficient (Wildman–Crippen LogP) is 2.90. The number of nitriles is 1. The van der Waals surface area contributed by atoms with Gasteiger partial charge < -0.3 is 15.2 Å². The number of nitrogens with zero attached hydrogens (tertiary/aromatic N) is 3. The van der Waals surface area contributed by atoms with Crippen molar-refractivity contribution in [1.82, 2.24) is 4.90 Å². The van der Waals surface area contributed by atoms with Gasteiger partial charge in [-0.25, -0.2) is 4.79 Å². The Kier molecular flexibility index (Phi) is 8.10. The number of nitrogens with two attached hydrogens (primary N) is 1. The lowest BCUT2D eigenvalue weighted by Gasteiger charge is -2.27. The summed E-state index contributed by atoms with van der Waals surface area (Å²) in [7, 11) is 1.52. The largest absolute Gasteiger partial charge is 0.489 e. The van der Waals surface area contributed by atoms with E-state index in [-0.39, 0.29) is 6.09 Å². The molecule has 0 aromatic heterocycles. The van der Waals surface area contributed by atoms with Crippen molar-refractivity contribution < 1.29 is 18.8 Å². The molecule has 7 nitrogen and oxygen atoms in total. The molecule has 0 radical (unpaired) electrons. The molecule has 2 N–H and O–H groups in total. The number of amides is 1. The molecule has 0 atom stereocenters. The standard InChI is InChI=1S/C20H31N4O3/c1-7-9-17(18(26-6)15(14-21)16(22)8-2)23-10-12-24(13-11-23)19(25)27-20(3,4)5/h8-10H,7,11-13,22H2,1-6H3/q+1/b16-8+,17-9-,18-15+. The first-order valence-corrected chi connectivity index (χ1v) is 9.07. The second kappa shape index (κ2) is 9.81. The quantitative estimate of drug-likeness (QED) is 0.345. The molecular weight excluding hydrogens is 344 g/mol. The van der Waals surface area contributed by atoms with Crippen molar-refractivity contribution in [3.63, 3.8) is 0 Å². The van der Waals surface area contributed by atoms with E-state index >= 15 is 0 Å². The van der Waals surface area contributed by atoms with E-state index in [1.807, 2.05) is 44.6 Å². The van der Waals surface area contributed by atoms with E-state index in [4.69, 9.17) is 15.2 Å². The molecule has 27 heavy (non-hydrogen) atoms. The minimum atomic E-state index is -0.529. The van der Waals surface area contributed by atoms with Crippen molar-refractivity contribution >= 4 is 12.3 Å². The van der Waals surface area contributed by atoms with E-state index in [9.17, 15) is 10.1 Å². The highest BCUT2D eigenvalue weighted by atomic mass is 16.6. The maximum Gasteiger partial charge on any atom is 0.411 e. The average molecular weight is 375 g/mol. The van der Waals surface area contributed by atoms with E-state index in [1.54, 1.807) is 17.9 Å². The Hall–Kier alpha value is -2.75. The molecule has 0 aromatic carbocycles. The van der Waals surface area contributed by atoms with Gasteiger partial charge in [-0.15, -0.1) is 0 Å². The summed E-state index contributed by atoms with van der Waals surface area (Å²) in [6.45, 7) is 10.8. The third-order valence-corrected chi connectivity index (χ3v) is 3.87. The van der Waals surface area contributed by atoms with Crippen molar-refractivity contribution in [3.05, 3.63) is 34.9 Å². The minimum absolute atomic E-state index is 0.294. The molecule has 1 aliphatic rings. The molecule has 148 valence electrons. The van der Waals surface area contributed by atoms with Crippen LogP contribution in [0.1, 0.15) is 41.0 Å². The number of hydrogen-bond donors (Lipinski definition) is 1. The molecule has 7 heteroatoms. The molecular formula is C20H31N4O3+. The Morgan fingerprint density at radius 1 is 1.44 bits per heavy atom. The van der Waals surface area contributed by atoms with Crippen LogP contribution in [0.3, 0.4) is 0 Å². The number of methoxy groups -OCH3 is 1. The van der Waals surface area contributed by atoms with Crippen LogP contribution in [-0.4, -0.2) is 54.1 Å². The fourth-order valence-electron chi connectivity index (χ4n) is 2.58. The number of ether oxygens (including phenoxy) is 2. The van der Waals surface area contributed by atoms with Crippen LogP contribution in [-0.2, 0) is 9.47 Å². The fourth-order valence-corrected chi connectivity index (χ4v) is 2.58. The van der Waals surface area contributed by atoms with Crippen LogP contribution in [0, 0.1) is 11.3 Å². The lowest BCUT2D eigenvalue weighted by Crippen LogP contribution is -2.45. The second-order valence-electron chi connectivity index (χ2n) is 7.06. The Bertz CT molecular complexity index is 718. The molecule has 0 saturated carbocycles. The van der Waals surface area contributed by atoms with Gasteiger partial charge in [0, 0.05) is 5.70 Å². The Balaban J connectivity index is 3.17. The van der Waals surface area contributed by atoms with E-state index in [0.29, 0.717) is 36.7 Å². The van der Waals surface area contributed by atoms with Crippen molar-refractivity contribution in [2.75, 3.05) is 26.7 Å². The van der Waals surface area contributed by atoms with Crippen LogP contribution in [0.4, 0.5) is 4.79 Å². The van der Waals surface area contributed by atoms with Crippen molar-refractivity contribution in [2.24, 2.45) is 5.73 Å². The first-order valence-electron chi connectivity index (χ1n) is 9.07. The van der Waals surface area contributed by atoms with Gasteiger partial charge in [-0.05, 0) is 40.2 Å². The Morgan fingerprint density at radius 2 is 2.11 bits per heavy atom. The summed E-state index contributed by atoms with van der Waals surface area (Å²) in [6, 6.07) is 2.13. The second-order valence-corrected chi connectivity index (χ2v) is 7.06. The SMILES string of the molecule is C\C=C(N)/C(C#N)=C(OC)\C(=C\CC)[N+]1=CCN(C(=O)OC(C)(C)C)CC1. The summed E-state index contributed by atoms with van der Waals surface area (Å²) in [6.07, 6.45) is 5.98. The first-order chi connectivity index (χ1) is 12.7. The molecule has 1 heterocycles. The van der Waals surface area contributed by atoms with Gasteiger partial charge in [0.25, 0.3) is 0 Å². The predicted molar refractivity (Wildman–Crippen MR) is 105 cm³/mol. The molecule has 0 bridgehead atoms.